The van der Waals surface area contributed by atoms with E-state index < -0.39 is 5.41 Å². The Morgan fingerprint density at radius 2 is 1.78 bits per heavy atom. The summed E-state index contributed by atoms with van der Waals surface area (Å²) in [6.07, 6.45) is 1.51. The maximum atomic E-state index is 12.6. The quantitative estimate of drug-likeness (QED) is 0.840. The van der Waals surface area contributed by atoms with Gasteiger partial charge in [-0.25, -0.2) is 0 Å². The lowest BCUT2D eigenvalue weighted by atomic mass is 9.73. The zero-order valence-corrected chi connectivity index (χ0v) is 12.4. The van der Waals surface area contributed by atoms with Gasteiger partial charge in [0.05, 0.1) is 5.41 Å². The van der Waals surface area contributed by atoms with Crippen LogP contribution in [0.25, 0.3) is 0 Å². The summed E-state index contributed by atoms with van der Waals surface area (Å²) in [5, 5.41) is 0. The number of amides is 1. The molecule has 0 aliphatic carbocycles. The van der Waals surface area contributed by atoms with Crippen LogP contribution in [0.3, 0.4) is 0 Å². The van der Waals surface area contributed by atoms with Gasteiger partial charge in [-0.3, -0.25) is 4.79 Å². The Morgan fingerprint density at radius 1 is 1.22 bits per heavy atom. The maximum Gasteiger partial charge on any atom is 0.232 e. The van der Waals surface area contributed by atoms with Crippen LogP contribution in [0.1, 0.15) is 18.4 Å². The Kier molecular flexibility index (Phi) is 4.07. The molecule has 0 N–H and O–H groups in total. The second-order valence-electron chi connectivity index (χ2n) is 4.90. The third kappa shape index (κ3) is 2.45. The number of hydrogen-bond donors (Lipinski definition) is 0. The maximum absolute atomic E-state index is 12.6. The molecule has 4 heteroatoms. The summed E-state index contributed by atoms with van der Waals surface area (Å²) in [6, 6.07) is 8.07. The van der Waals surface area contributed by atoms with E-state index in [4.69, 9.17) is 4.74 Å². The van der Waals surface area contributed by atoms with Crippen LogP contribution < -0.4 is 0 Å². The molecule has 2 rings (SSSR count). The van der Waals surface area contributed by atoms with Crippen molar-refractivity contribution in [3.8, 4) is 0 Å². The summed E-state index contributed by atoms with van der Waals surface area (Å²) < 4.78 is 6.45. The monoisotopic (exact) mass is 311 g/mol. The fourth-order valence-corrected chi connectivity index (χ4v) is 2.81. The summed E-state index contributed by atoms with van der Waals surface area (Å²) in [7, 11) is 3.64. The molecule has 18 heavy (non-hydrogen) atoms. The molecule has 0 unspecified atom stereocenters. The largest absolute Gasteiger partial charge is 0.381 e. The molecule has 0 spiro atoms. The third-order valence-electron chi connectivity index (χ3n) is 3.56. The number of halogens is 1. The van der Waals surface area contributed by atoms with Gasteiger partial charge in [-0.2, -0.15) is 0 Å². The predicted octanol–water partition coefficient (Wildman–Crippen LogP) is 2.59. The zero-order valence-electron chi connectivity index (χ0n) is 10.8. The summed E-state index contributed by atoms with van der Waals surface area (Å²) in [5.41, 5.74) is 0.676. The van der Waals surface area contributed by atoms with E-state index in [9.17, 15) is 4.79 Å². The average molecular weight is 312 g/mol. The number of carbonyl (C=O) groups is 1. The smallest absolute Gasteiger partial charge is 0.232 e. The van der Waals surface area contributed by atoms with Gasteiger partial charge in [-0.1, -0.05) is 28.1 Å². The number of ether oxygens (including phenoxy) is 1. The second kappa shape index (κ2) is 5.41. The van der Waals surface area contributed by atoms with Gasteiger partial charge in [0.2, 0.25) is 5.91 Å². The first-order valence-electron chi connectivity index (χ1n) is 6.12. The lowest BCUT2D eigenvalue weighted by Crippen LogP contribution is -2.47. The van der Waals surface area contributed by atoms with Crippen molar-refractivity contribution < 1.29 is 9.53 Å². The zero-order chi connectivity index (χ0) is 13.2. The molecule has 1 fully saturated rings. The minimum Gasteiger partial charge on any atom is -0.381 e. The van der Waals surface area contributed by atoms with Gasteiger partial charge in [0.15, 0.2) is 0 Å². The first-order valence-corrected chi connectivity index (χ1v) is 6.91. The summed E-state index contributed by atoms with van der Waals surface area (Å²) >= 11 is 3.43. The van der Waals surface area contributed by atoms with E-state index in [-0.39, 0.29) is 5.91 Å². The van der Waals surface area contributed by atoms with Crippen molar-refractivity contribution in [1.29, 1.82) is 0 Å². The van der Waals surface area contributed by atoms with E-state index in [1.807, 2.05) is 38.4 Å². The van der Waals surface area contributed by atoms with Crippen molar-refractivity contribution in [2.24, 2.45) is 0 Å². The van der Waals surface area contributed by atoms with Crippen molar-refractivity contribution in [3.05, 3.63) is 34.3 Å². The minimum atomic E-state index is -0.414. The summed E-state index contributed by atoms with van der Waals surface area (Å²) in [5.74, 6) is 0.174. The highest BCUT2D eigenvalue weighted by Gasteiger charge is 2.42. The molecule has 0 radical (unpaired) electrons. The number of benzene rings is 1. The highest BCUT2D eigenvalue weighted by Crippen LogP contribution is 2.36. The predicted molar refractivity (Wildman–Crippen MR) is 74.6 cm³/mol. The molecule has 0 aromatic heterocycles. The summed E-state index contributed by atoms with van der Waals surface area (Å²) in [4.78, 5) is 14.3. The number of hydrogen-bond acceptors (Lipinski definition) is 2. The van der Waals surface area contributed by atoms with Crippen LogP contribution in [0.15, 0.2) is 28.7 Å². The van der Waals surface area contributed by atoms with E-state index in [0.717, 1.165) is 22.9 Å². The Balaban J connectivity index is 2.41. The van der Waals surface area contributed by atoms with Crippen LogP contribution in [0.5, 0.6) is 0 Å². The second-order valence-corrected chi connectivity index (χ2v) is 5.82. The fraction of sp³-hybridized carbons (Fsp3) is 0.500. The van der Waals surface area contributed by atoms with Gasteiger partial charge in [-0.15, -0.1) is 0 Å². The van der Waals surface area contributed by atoms with E-state index in [1.54, 1.807) is 4.90 Å². The molecule has 1 amide bonds. The van der Waals surface area contributed by atoms with E-state index >= 15 is 0 Å². The van der Waals surface area contributed by atoms with E-state index in [0.29, 0.717) is 13.2 Å². The average Bonchev–Trinajstić information content (AvgIpc) is 2.39. The summed E-state index contributed by atoms with van der Waals surface area (Å²) in [6.45, 7) is 1.30. The van der Waals surface area contributed by atoms with Gasteiger partial charge in [0.25, 0.3) is 0 Å². The van der Waals surface area contributed by atoms with Crippen LogP contribution in [-0.4, -0.2) is 38.1 Å². The standard InChI is InChI=1S/C14H18BrNO2/c1-16(2)13(17)14(7-9-18-10-8-14)11-3-5-12(15)6-4-11/h3-6H,7-10H2,1-2H3. The molecule has 1 aliphatic rings. The fourth-order valence-electron chi connectivity index (χ4n) is 2.54. The Hall–Kier alpha value is -0.870. The van der Waals surface area contributed by atoms with Crippen LogP contribution >= 0.6 is 15.9 Å². The molecule has 1 aromatic rings. The van der Waals surface area contributed by atoms with E-state index in [1.165, 1.54) is 0 Å². The third-order valence-corrected chi connectivity index (χ3v) is 4.09. The van der Waals surface area contributed by atoms with Crippen molar-refractivity contribution in [3.63, 3.8) is 0 Å². The molecule has 1 heterocycles. The molecule has 0 saturated carbocycles. The topological polar surface area (TPSA) is 29.5 Å². The van der Waals surface area contributed by atoms with Crippen molar-refractivity contribution in [2.45, 2.75) is 18.3 Å². The SMILES string of the molecule is CN(C)C(=O)C1(c2ccc(Br)cc2)CCOCC1. The van der Waals surface area contributed by atoms with Crippen LogP contribution in [0.4, 0.5) is 0 Å². The molecule has 1 aromatic carbocycles. The first-order chi connectivity index (χ1) is 8.56. The van der Waals surface area contributed by atoms with Crippen LogP contribution in [-0.2, 0) is 14.9 Å². The highest BCUT2D eigenvalue weighted by atomic mass is 79.9. The van der Waals surface area contributed by atoms with E-state index in [2.05, 4.69) is 15.9 Å². The number of nitrogens with zero attached hydrogens (tertiary/aromatic N) is 1. The number of carbonyl (C=O) groups excluding carboxylic acids is 1. The molecule has 1 saturated heterocycles. The molecule has 3 nitrogen and oxygen atoms in total. The van der Waals surface area contributed by atoms with Gasteiger partial charge >= 0.3 is 0 Å². The number of likely N-dealkylation sites (N-methyl/N-ethyl adjacent to an activating group) is 1. The van der Waals surface area contributed by atoms with Gasteiger partial charge in [0, 0.05) is 31.8 Å². The van der Waals surface area contributed by atoms with Crippen molar-refractivity contribution in [2.75, 3.05) is 27.3 Å². The first kappa shape index (κ1) is 13.6. The van der Waals surface area contributed by atoms with Crippen LogP contribution in [0.2, 0.25) is 0 Å². The minimum absolute atomic E-state index is 0.174. The molecular formula is C14H18BrNO2. The van der Waals surface area contributed by atoms with Gasteiger partial charge in [0.1, 0.15) is 0 Å². The number of rotatable bonds is 2. The molecule has 1 aliphatic heterocycles. The van der Waals surface area contributed by atoms with Crippen LogP contribution in [0, 0.1) is 0 Å². The normalized spacial score (nSPS) is 18.4. The van der Waals surface area contributed by atoms with Crippen molar-refractivity contribution in [1.82, 2.24) is 4.90 Å². The Morgan fingerprint density at radius 3 is 2.28 bits per heavy atom. The molecule has 0 atom stereocenters. The van der Waals surface area contributed by atoms with Gasteiger partial charge < -0.3 is 9.64 Å². The molecular weight excluding hydrogens is 294 g/mol. The lowest BCUT2D eigenvalue weighted by molar-refractivity contribution is -0.138. The Labute approximate surface area is 116 Å². The highest BCUT2D eigenvalue weighted by molar-refractivity contribution is 9.10. The lowest BCUT2D eigenvalue weighted by Gasteiger charge is -2.38. The van der Waals surface area contributed by atoms with Crippen molar-refractivity contribution >= 4 is 21.8 Å². The van der Waals surface area contributed by atoms with Gasteiger partial charge in [-0.05, 0) is 30.5 Å². The molecule has 0 bridgehead atoms. The molecule has 98 valence electrons. The Bertz CT molecular complexity index is 422.